The van der Waals surface area contributed by atoms with Crippen LogP contribution in [-0.4, -0.2) is 48.1 Å². The first-order valence-corrected chi connectivity index (χ1v) is 9.81. The quantitative estimate of drug-likeness (QED) is 0.878. The topological polar surface area (TPSA) is 55.6 Å². The highest BCUT2D eigenvalue weighted by Gasteiger charge is 2.23. The van der Waals surface area contributed by atoms with Crippen molar-refractivity contribution in [2.24, 2.45) is 5.73 Å². The summed E-state index contributed by atoms with van der Waals surface area (Å²) in [7, 11) is 0. The largest absolute Gasteiger partial charge is 0.484 e. The lowest BCUT2D eigenvalue weighted by Gasteiger charge is -2.21. The van der Waals surface area contributed by atoms with Crippen molar-refractivity contribution in [1.82, 2.24) is 4.90 Å². The molecule has 128 valence electrons. The SMILES string of the molecule is Cl.N[C@@H]1CCN(C(=O)COc2ccc(C3SCCCS3)cc2)C1. The number of halogens is 1. The van der Waals surface area contributed by atoms with Gasteiger partial charge >= 0.3 is 0 Å². The standard InChI is InChI=1S/C16H22N2O2S2.ClH/c17-13-6-7-18(10-13)15(19)11-20-14-4-2-12(3-5-14)16-21-8-1-9-22-16;/h2-5,13,16H,1,6-11,17H2;1H/t13-;/m1./s1. The van der Waals surface area contributed by atoms with E-state index in [0.29, 0.717) is 11.1 Å². The van der Waals surface area contributed by atoms with E-state index in [4.69, 9.17) is 10.5 Å². The molecule has 1 aromatic carbocycles. The number of hydrogen-bond acceptors (Lipinski definition) is 5. The van der Waals surface area contributed by atoms with Crippen LogP contribution in [-0.2, 0) is 4.79 Å². The molecule has 2 N–H and O–H groups in total. The summed E-state index contributed by atoms with van der Waals surface area (Å²) in [6, 6.07) is 8.28. The van der Waals surface area contributed by atoms with Crippen molar-refractivity contribution in [1.29, 1.82) is 0 Å². The smallest absolute Gasteiger partial charge is 0.260 e. The monoisotopic (exact) mass is 374 g/mol. The van der Waals surface area contributed by atoms with Crippen molar-refractivity contribution in [2.75, 3.05) is 31.2 Å². The second-order valence-electron chi connectivity index (χ2n) is 5.67. The molecule has 0 spiro atoms. The first-order valence-electron chi connectivity index (χ1n) is 7.72. The summed E-state index contributed by atoms with van der Waals surface area (Å²) in [5, 5.41) is 0. The Bertz CT molecular complexity index is 509. The molecular weight excluding hydrogens is 352 g/mol. The van der Waals surface area contributed by atoms with Gasteiger partial charge in [-0.1, -0.05) is 12.1 Å². The Balaban J connectivity index is 0.00000192. The van der Waals surface area contributed by atoms with Crippen molar-refractivity contribution in [2.45, 2.75) is 23.5 Å². The molecule has 1 amide bonds. The Labute approximate surface area is 152 Å². The molecule has 3 rings (SSSR count). The number of carbonyl (C=O) groups excluding carboxylic acids is 1. The van der Waals surface area contributed by atoms with Gasteiger partial charge in [0.05, 0.1) is 4.58 Å². The summed E-state index contributed by atoms with van der Waals surface area (Å²) in [6.07, 6.45) is 2.19. The van der Waals surface area contributed by atoms with Gasteiger partial charge in [-0.15, -0.1) is 35.9 Å². The second-order valence-corrected chi connectivity index (χ2v) is 8.40. The average Bonchev–Trinajstić information content (AvgIpc) is 3.00. The Kier molecular flexibility index (Phi) is 7.40. The van der Waals surface area contributed by atoms with Crippen LogP contribution in [0.2, 0.25) is 0 Å². The molecule has 2 fully saturated rings. The predicted molar refractivity (Wildman–Crippen MR) is 101 cm³/mol. The highest BCUT2D eigenvalue weighted by Crippen LogP contribution is 2.43. The number of ether oxygens (including phenoxy) is 1. The number of carbonyl (C=O) groups is 1. The number of hydrogen-bond donors (Lipinski definition) is 1. The summed E-state index contributed by atoms with van der Waals surface area (Å²) < 4.78 is 6.15. The summed E-state index contributed by atoms with van der Waals surface area (Å²) in [4.78, 5) is 13.8. The Morgan fingerprint density at radius 2 is 1.96 bits per heavy atom. The second kappa shape index (κ2) is 9.06. The van der Waals surface area contributed by atoms with Gasteiger partial charge in [-0.25, -0.2) is 0 Å². The molecular formula is C16H23ClN2O2S2. The molecule has 0 radical (unpaired) electrons. The minimum absolute atomic E-state index is 0. The molecule has 2 heterocycles. The van der Waals surface area contributed by atoms with Crippen LogP contribution < -0.4 is 10.5 Å². The van der Waals surface area contributed by atoms with Crippen LogP contribution in [0.1, 0.15) is 23.0 Å². The lowest BCUT2D eigenvalue weighted by atomic mass is 10.2. The van der Waals surface area contributed by atoms with Crippen LogP contribution >= 0.6 is 35.9 Å². The Morgan fingerprint density at radius 3 is 2.57 bits per heavy atom. The summed E-state index contributed by atoms with van der Waals surface area (Å²) in [5.74, 6) is 3.26. The first kappa shape index (κ1) is 18.8. The van der Waals surface area contributed by atoms with Crippen LogP contribution in [0.25, 0.3) is 0 Å². The van der Waals surface area contributed by atoms with Gasteiger partial charge in [0.2, 0.25) is 0 Å². The average molecular weight is 375 g/mol. The summed E-state index contributed by atoms with van der Waals surface area (Å²) in [5.41, 5.74) is 7.15. The minimum atomic E-state index is 0. The zero-order chi connectivity index (χ0) is 15.4. The lowest BCUT2D eigenvalue weighted by Crippen LogP contribution is -2.35. The van der Waals surface area contributed by atoms with E-state index in [2.05, 4.69) is 12.1 Å². The van der Waals surface area contributed by atoms with Crippen LogP contribution in [0.4, 0.5) is 0 Å². The van der Waals surface area contributed by atoms with E-state index in [1.54, 1.807) is 4.90 Å². The van der Waals surface area contributed by atoms with E-state index in [0.717, 1.165) is 18.7 Å². The number of rotatable bonds is 4. The van der Waals surface area contributed by atoms with Crippen molar-refractivity contribution in [3.8, 4) is 5.75 Å². The van der Waals surface area contributed by atoms with Gasteiger partial charge < -0.3 is 15.4 Å². The Morgan fingerprint density at radius 1 is 1.26 bits per heavy atom. The predicted octanol–water partition coefficient (Wildman–Crippen LogP) is 2.92. The van der Waals surface area contributed by atoms with Crippen LogP contribution in [0.5, 0.6) is 5.75 Å². The van der Waals surface area contributed by atoms with E-state index >= 15 is 0 Å². The normalized spacial score (nSPS) is 21.8. The molecule has 0 unspecified atom stereocenters. The number of nitrogens with zero attached hydrogens (tertiary/aromatic N) is 1. The van der Waals surface area contributed by atoms with Crippen LogP contribution in [0, 0.1) is 0 Å². The molecule has 0 aliphatic carbocycles. The maximum absolute atomic E-state index is 12.0. The van der Waals surface area contributed by atoms with Crippen molar-refractivity contribution < 1.29 is 9.53 Å². The maximum atomic E-state index is 12.0. The van der Waals surface area contributed by atoms with Gasteiger partial charge in [0, 0.05) is 19.1 Å². The van der Waals surface area contributed by atoms with Gasteiger partial charge in [-0.2, -0.15) is 0 Å². The van der Waals surface area contributed by atoms with Gasteiger partial charge in [0.25, 0.3) is 5.91 Å². The van der Waals surface area contributed by atoms with Crippen LogP contribution in [0.3, 0.4) is 0 Å². The van der Waals surface area contributed by atoms with Gasteiger partial charge in [0.1, 0.15) is 5.75 Å². The van der Waals surface area contributed by atoms with E-state index in [1.165, 1.54) is 23.5 Å². The van der Waals surface area contributed by atoms with Crippen LogP contribution in [0.15, 0.2) is 24.3 Å². The molecule has 1 atom stereocenters. The van der Waals surface area contributed by atoms with Crippen molar-refractivity contribution in [3.63, 3.8) is 0 Å². The zero-order valence-electron chi connectivity index (χ0n) is 13.0. The molecule has 2 saturated heterocycles. The molecule has 0 saturated carbocycles. The van der Waals surface area contributed by atoms with E-state index < -0.39 is 0 Å². The number of benzene rings is 1. The van der Waals surface area contributed by atoms with E-state index in [9.17, 15) is 4.79 Å². The highest BCUT2D eigenvalue weighted by atomic mass is 35.5. The minimum Gasteiger partial charge on any atom is -0.484 e. The Hall–Kier alpha value is -0.560. The molecule has 0 bridgehead atoms. The molecule has 2 aliphatic heterocycles. The molecule has 0 aromatic heterocycles. The summed E-state index contributed by atoms with van der Waals surface area (Å²) >= 11 is 4.01. The lowest BCUT2D eigenvalue weighted by molar-refractivity contribution is -0.132. The van der Waals surface area contributed by atoms with Crippen molar-refractivity contribution >= 4 is 41.8 Å². The van der Waals surface area contributed by atoms with Gasteiger partial charge in [-0.05, 0) is 42.0 Å². The third kappa shape index (κ3) is 5.21. The fourth-order valence-corrected chi connectivity index (χ4v) is 5.55. The molecule has 4 nitrogen and oxygen atoms in total. The molecule has 2 aliphatic rings. The van der Waals surface area contributed by atoms with Crippen molar-refractivity contribution in [3.05, 3.63) is 29.8 Å². The third-order valence-electron chi connectivity index (χ3n) is 3.92. The van der Waals surface area contributed by atoms with E-state index in [-0.39, 0.29) is 31.0 Å². The number of thioether (sulfide) groups is 2. The number of amides is 1. The third-order valence-corrected chi connectivity index (χ3v) is 6.93. The molecule has 1 aromatic rings. The highest BCUT2D eigenvalue weighted by molar-refractivity contribution is 8.16. The summed E-state index contributed by atoms with van der Waals surface area (Å²) in [6.45, 7) is 1.49. The van der Waals surface area contributed by atoms with Gasteiger partial charge in [-0.3, -0.25) is 4.79 Å². The molecule has 23 heavy (non-hydrogen) atoms. The fourth-order valence-electron chi connectivity index (χ4n) is 2.65. The maximum Gasteiger partial charge on any atom is 0.260 e. The molecule has 7 heteroatoms. The zero-order valence-corrected chi connectivity index (χ0v) is 15.4. The van der Waals surface area contributed by atoms with E-state index in [1.807, 2.05) is 35.7 Å². The number of nitrogens with two attached hydrogens (primary N) is 1. The number of likely N-dealkylation sites (tertiary alicyclic amines) is 1. The van der Waals surface area contributed by atoms with Gasteiger partial charge in [0.15, 0.2) is 6.61 Å². The first-order chi connectivity index (χ1) is 10.7. The fraction of sp³-hybridized carbons (Fsp3) is 0.562.